The second kappa shape index (κ2) is 9.74. The number of ether oxygens (including phenoxy) is 2. The third-order valence-corrected chi connectivity index (χ3v) is 7.63. The zero-order valence-electron chi connectivity index (χ0n) is 21.3. The Balaban J connectivity index is 1.30. The van der Waals surface area contributed by atoms with Crippen molar-refractivity contribution in [3.05, 3.63) is 58.7 Å². The Morgan fingerprint density at radius 3 is 2.68 bits per heavy atom. The van der Waals surface area contributed by atoms with Gasteiger partial charge < -0.3 is 19.3 Å². The van der Waals surface area contributed by atoms with E-state index < -0.39 is 17.3 Å². The maximum Gasteiger partial charge on any atom is 0.255 e. The molecule has 1 atom stereocenters. The van der Waals surface area contributed by atoms with Crippen LogP contribution in [0.2, 0.25) is 0 Å². The lowest BCUT2D eigenvalue weighted by Crippen LogP contribution is -2.55. The number of carbonyl (C=O) groups excluding carboxylic acids is 4. The van der Waals surface area contributed by atoms with Crippen LogP contribution < -0.4 is 15.5 Å². The van der Waals surface area contributed by atoms with E-state index in [9.17, 15) is 19.2 Å². The molecule has 5 rings (SSSR count). The molecule has 9 nitrogen and oxygen atoms in total. The second-order valence-electron chi connectivity index (χ2n) is 10.3. The van der Waals surface area contributed by atoms with Crippen LogP contribution in [0.1, 0.15) is 39.9 Å². The highest BCUT2D eigenvalue weighted by Crippen LogP contribution is 2.34. The number of nitrogens with one attached hydrogen (secondary N) is 1. The predicted octanol–water partition coefficient (Wildman–Crippen LogP) is -2.48. The molecule has 188 valence electrons. The Labute approximate surface area is 218 Å². The summed E-state index contributed by atoms with van der Waals surface area (Å²) in [6.07, 6.45) is 0.532. The van der Waals surface area contributed by atoms with Crippen molar-refractivity contribution in [2.75, 3.05) is 19.8 Å². The number of morpholine rings is 1. The summed E-state index contributed by atoms with van der Waals surface area (Å²) in [5.74, 6) is -0.382. The number of amides is 4. The third-order valence-electron chi connectivity index (χ3n) is 7.63. The lowest BCUT2D eigenvalue weighted by atomic mass is 9.56. The summed E-state index contributed by atoms with van der Waals surface area (Å²) in [5, 5.41) is 1.86. The number of hydrogen-bond donors (Lipinski definition) is 1. The van der Waals surface area contributed by atoms with Gasteiger partial charge in [-0.1, -0.05) is 29.7 Å². The number of benzene rings is 2. The summed E-state index contributed by atoms with van der Waals surface area (Å²) in [4.78, 5) is 52.7. The molecule has 3 heterocycles. The molecule has 1 unspecified atom stereocenters. The van der Waals surface area contributed by atoms with Gasteiger partial charge in [-0.25, -0.2) is 0 Å². The highest BCUT2D eigenvalue weighted by Gasteiger charge is 2.40. The Morgan fingerprint density at radius 2 is 1.95 bits per heavy atom. The largest absolute Gasteiger partial charge is 0.489 e. The highest BCUT2D eigenvalue weighted by atomic mass is 16.5. The number of imide groups is 1. The summed E-state index contributed by atoms with van der Waals surface area (Å²) in [6, 6.07) is 10.8. The topological polar surface area (TPSA) is 105 Å². The first-order valence-electron chi connectivity index (χ1n) is 12.5. The molecule has 3 aliphatic rings. The van der Waals surface area contributed by atoms with Gasteiger partial charge in [0.25, 0.3) is 5.91 Å². The minimum atomic E-state index is -0.665. The summed E-state index contributed by atoms with van der Waals surface area (Å²) >= 11 is 0. The van der Waals surface area contributed by atoms with Crippen LogP contribution in [0.15, 0.2) is 36.4 Å². The van der Waals surface area contributed by atoms with Gasteiger partial charge in [0.05, 0.1) is 13.2 Å². The quantitative estimate of drug-likeness (QED) is 0.349. The predicted molar refractivity (Wildman–Crippen MR) is 143 cm³/mol. The number of rotatable bonds is 6. The van der Waals surface area contributed by atoms with E-state index in [2.05, 4.69) is 11.4 Å². The van der Waals surface area contributed by atoms with Crippen LogP contribution in [0.3, 0.4) is 0 Å². The van der Waals surface area contributed by atoms with E-state index in [1.165, 1.54) is 4.90 Å². The van der Waals surface area contributed by atoms with Crippen LogP contribution in [-0.2, 0) is 37.6 Å². The molecule has 1 N–H and O–H groups in total. The lowest BCUT2D eigenvalue weighted by molar-refractivity contribution is -0.145. The summed E-state index contributed by atoms with van der Waals surface area (Å²) in [6.45, 7) is 1.77. The van der Waals surface area contributed by atoms with Crippen LogP contribution in [0, 0.1) is 0 Å². The Kier molecular flexibility index (Phi) is 6.62. The first-order chi connectivity index (χ1) is 17.7. The van der Waals surface area contributed by atoms with Gasteiger partial charge in [-0.05, 0) is 29.7 Å². The number of fused-ring (bicyclic) bond motifs is 1. The summed E-state index contributed by atoms with van der Waals surface area (Å²) in [7, 11) is 6.10. The average molecular weight is 499 g/mol. The van der Waals surface area contributed by atoms with Gasteiger partial charge in [0.1, 0.15) is 48.5 Å². The van der Waals surface area contributed by atoms with E-state index in [1.807, 2.05) is 46.6 Å². The molecule has 2 aromatic rings. The van der Waals surface area contributed by atoms with Gasteiger partial charge in [-0.2, -0.15) is 0 Å². The minimum absolute atomic E-state index is 0.0138. The summed E-state index contributed by atoms with van der Waals surface area (Å²) < 4.78 is 11.5. The molecular formula is C25H28B3N3O6. The van der Waals surface area contributed by atoms with Crippen molar-refractivity contribution in [2.45, 2.75) is 37.4 Å². The maximum absolute atomic E-state index is 13.1. The van der Waals surface area contributed by atoms with E-state index in [4.69, 9.17) is 9.47 Å². The number of carbonyl (C=O) groups is 4. The molecule has 0 saturated carbocycles. The Hall–Kier alpha value is -3.53. The molecule has 0 bridgehead atoms. The van der Waals surface area contributed by atoms with Crippen molar-refractivity contribution < 1.29 is 28.7 Å². The normalized spacial score (nSPS) is 20.2. The van der Waals surface area contributed by atoms with Crippen LogP contribution in [0.5, 0.6) is 5.75 Å². The first kappa shape index (κ1) is 25.1. The smallest absolute Gasteiger partial charge is 0.255 e. The van der Waals surface area contributed by atoms with Crippen LogP contribution >= 0.6 is 0 Å². The zero-order chi connectivity index (χ0) is 26.3. The molecule has 0 spiro atoms. The Morgan fingerprint density at radius 1 is 1.14 bits per heavy atom. The van der Waals surface area contributed by atoms with Crippen molar-refractivity contribution in [1.29, 1.82) is 0 Å². The molecule has 0 aromatic heterocycles. The van der Waals surface area contributed by atoms with Gasteiger partial charge >= 0.3 is 0 Å². The van der Waals surface area contributed by atoms with Crippen molar-refractivity contribution in [1.82, 2.24) is 15.1 Å². The molecular weight excluding hydrogens is 471 g/mol. The van der Waals surface area contributed by atoms with E-state index in [1.54, 1.807) is 12.1 Å². The average Bonchev–Trinajstić information content (AvgIpc) is 3.20. The lowest BCUT2D eigenvalue weighted by Gasteiger charge is -2.42. The number of hydrogen-bond acceptors (Lipinski definition) is 6. The molecule has 0 radical (unpaired) electrons. The van der Waals surface area contributed by atoms with E-state index in [0.29, 0.717) is 37.5 Å². The fourth-order valence-electron chi connectivity index (χ4n) is 5.35. The van der Waals surface area contributed by atoms with Crippen molar-refractivity contribution in [3.63, 3.8) is 0 Å². The fourth-order valence-corrected chi connectivity index (χ4v) is 5.35. The molecule has 3 aliphatic heterocycles. The van der Waals surface area contributed by atoms with Gasteiger partial charge in [0.15, 0.2) is 0 Å². The molecule has 4 amide bonds. The van der Waals surface area contributed by atoms with E-state index >= 15 is 0 Å². The second-order valence-corrected chi connectivity index (χ2v) is 10.3. The Bertz CT molecular complexity index is 1300. The number of nitrogens with zero attached hydrogens (tertiary/aromatic N) is 2. The number of piperidine rings is 1. The summed E-state index contributed by atoms with van der Waals surface area (Å²) in [5.41, 5.74) is 4.34. The van der Waals surface area contributed by atoms with Crippen molar-refractivity contribution in [3.8, 4) is 5.75 Å². The minimum Gasteiger partial charge on any atom is -0.489 e. The van der Waals surface area contributed by atoms with Crippen molar-refractivity contribution >= 4 is 52.6 Å². The molecule has 2 fully saturated rings. The third kappa shape index (κ3) is 4.66. The van der Waals surface area contributed by atoms with Crippen LogP contribution in [-0.4, -0.2) is 82.8 Å². The standard InChI is InChI=1S/C25H28B3N3O6/c26-18-10-15(25(27,28)31-8-9-36-13-22(31)33)5-4-14(18)12-37-20-3-1-2-16-17(20)11-30(24(16)35)19-6-7-21(32)29-23(19)34/h1-5,10,19H,6-9,11-13,26-28H2,(H,29,32,34). The maximum atomic E-state index is 13.1. The molecule has 2 aromatic carbocycles. The van der Waals surface area contributed by atoms with Crippen LogP contribution in [0.4, 0.5) is 0 Å². The van der Waals surface area contributed by atoms with E-state index in [0.717, 1.165) is 22.2 Å². The molecule has 0 aliphatic carbocycles. The molecule has 12 heteroatoms. The highest BCUT2D eigenvalue weighted by molar-refractivity contribution is 6.41. The van der Waals surface area contributed by atoms with Crippen molar-refractivity contribution in [2.24, 2.45) is 0 Å². The van der Waals surface area contributed by atoms with E-state index in [-0.39, 0.29) is 37.3 Å². The van der Waals surface area contributed by atoms with Gasteiger partial charge in [-0.3, -0.25) is 24.5 Å². The fraction of sp³-hybridized carbons (Fsp3) is 0.360. The monoisotopic (exact) mass is 499 g/mol. The first-order valence-corrected chi connectivity index (χ1v) is 12.5. The molecule has 37 heavy (non-hydrogen) atoms. The van der Waals surface area contributed by atoms with Gasteiger partial charge in [-0.15, -0.1) is 0 Å². The van der Waals surface area contributed by atoms with Gasteiger partial charge in [0.2, 0.25) is 17.7 Å². The molecule has 2 saturated heterocycles. The van der Waals surface area contributed by atoms with Crippen LogP contribution in [0.25, 0.3) is 0 Å². The van der Waals surface area contributed by atoms with Gasteiger partial charge in [0, 0.05) is 29.4 Å². The zero-order valence-corrected chi connectivity index (χ0v) is 21.3. The SMILES string of the molecule is Bc1cc(C(B)(B)N2CCOCC2=O)ccc1COc1cccc2c1CN(C1CCC(=O)NC1=O)C2=O.